The highest BCUT2D eigenvalue weighted by Gasteiger charge is 2.38. The van der Waals surface area contributed by atoms with Crippen LogP contribution in [0.15, 0.2) is 22.7 Å². The summed E-state index contributed by atoms with van der Waals surface area (Å²) < 4.78 is 0.777. The van der Waals surface area contributed by atoms with Crippen molar-refractivity contribution < 1.29 is 4.79 Å². The van der Waals surface area contributed by atoms with Gasteiger partial charge in [-0.15, -0.1) is 11.8 Å². The third-order valence-corrected chi connectivity index (χ3v) is 5.16. The van der Waals surface area contributed by atoms with Gasteiger partial charge in [0.05, 0.1) is 4.75 Å². The second kappa shape index (κ2) is 4.53. The number of rotatable bonds is 2. The van der Waals surface area contributed by atoms with Crippen LogP contribution in [0.25, 0.3) is 0 Å². The van der Waals surface area contributed by atoms with E-state index < -0.39 is 0 Å². The predicted molar refractivity (Wildman–Crippen MR) is 73.3 cm³/mol. The number of ketones is 1. The van der Waals surface area contributed by atoms with Crippen LogP contribution in [0.1, 0.15) is 35.7 Å². The zero-order valence-corrected chi connectivity index (χ0v) is 12.0. The Balaban J connectivity index is 2.36. The highest BCUT2D eigenvalue weighted by molar-refractivity contribution is 9.10. The lowest BCUT2D eigenvalue weighted by molar-refractivity contribution is 0.0948. The first-order valence-electron chi connectivity index (χ1n) is 5.48. The molecule has 1 fully saturated rings. The molecule has 16 heavy (non-hydrogen) atoms. The Labute approximate surface area is 109 Å². The highest BCUT2D eigenvalue weighted by Crippen LogP contribution is 2.40. The molecule has 1 aliphatic heterocycles. The normalized spacial score (nSPS) is 24.7. The molecular formula is C13H15BrOS. The van der Waals surface area contributed by atoms with Crippen LogP contribution in [0.2, 0.25) is 0 Å². The summed E-state index contributed by atoms with van der Waals surface area (Å²) >= 11 is 5.23. The third-order valence-electron chi connectivity index (χ3n) is 3.14. The number of aryl methyl sites for hydroxylation is 1. The van der Waals surface area contributed by atoms with Crippen LogP contribution < -0.4 is 0 Å². The molecule has 0 spiro atoms. The first kappa shape index (κ1) is 12.2. The van der Waals surface area contributed by atoms with E-state index in [9.17, 15) is 4.79 Å². The van der Waals surface area contributed by atoms with Crippen LogP contribution in [0.5, 0.6) is 0 Å². The number of Topliss-reactive ketones (excluding diaryl/α,β-unsaturated/α-hetero) is 1. The molecule has 0 radical (unpaired) electrons. The van der Waals surface area contributed by atoms with E-state index in [-0.39, 0.29) is 10.5 Å². The molecule has 0 bridgehead atoms. The molecule has 1 atom stereocenters. The van der Waals surface area contributed by atoms with Crippen molar-refractivity contribution in [3.8, 4) is 0 Å². The second-order valence-corrected chi connectivity index (χ2v) is 6.98. The molecule has 1 heterocycles. The maximum absolute atomic E-state index is 12.5. The average Bonchev–Trinajstić information content (AvgIpc) is 2.69. The van der Waals surface area contributed by atoms with E-state index in [1.807, 2.05) is 25.1 Å². The topological polar surface area (TPSA) is 17.1 Å². The molecule has 86 valence electrons. The molecule has 2 rings (SSSR count). The molecule has 1 aromatic carbocycles. The van der Waals surface area contributed by atoms with Crippen LogP contribution in [0.4, 0.5) is 0 Å². The Morgan fingerprint density at radius 3 is 2.88 bits per heavy atom. The summed E-state index contributed by atoms with van der Waals surface area (Å²) in [4.78, 5) is 12.5. The van der Waals surface area contributed by atoms with Gasteiger partial charge in [-0.2, -0.15) is 0 Å². The SMILES string of the molecule is Cc1ccc(Br)cc1C(=O)C1(C)CCCS1. The monoisotopic (exact) mass is 298 g/mol. The Morgan fingerprint density at radius 2 is 2.25 bits per heavy atom. The van der Waals surface area contributed by atoms with Crippen molar-refractivity contribution in [1.82, 2.24) is 0 Å². The van der Waals surface area contributed by atoms with Crippen molar-refractivity contribution in [3.05, 3.63) is 33.8 Å². The summed E-state index contributed by atoms with van der Waals surface area (Å²) in [5.41, 5.74) is 1.94. The number of hydrogen-bond donors (Lipinski definition) is 0. The third kappa shape index (κ3) is 2.21. The molecule has 1 nitrogen and oxygen atoms in total. The summed E-state index contributed by atoms with van der Waals surface area (Å²) in [6.45, 7) is 4.08. The maximum Gasteiger partial charge on any atom is 0.178 e. The van der Waals surface area contributed by atoms with Crippen LogP contribution >= 0.6 is 27.7 Å². The number of halogens is 1. The van der Waals surface area contributed by atoms with Gasteiger partial charge >= 0.3 is 0 Å². The molecular weight excluding hydrogens is 284 g/mol. The van der Waals surface area contributed by atoms with Crippen molar-refractivity contribution in [2.24, 2.45) is 0 Å². The summed E-state index contributed by atoms with van der Waals surface area (Å²) in [5.74, 6) is 1.39. The number of thioether (sulfide) groups is 1. The van der Waals surface area contributed by atoms with Gasteiger partial charge in [0.15, 0.2) is 5.78 Å². The molecule has 0 saturated carbocycles. The Morgan fingerprint density at radius 1 is 1.50 bits per heavy atom. The largest absolute Gasteiger partial charge is 0.293 e. The summed E-state index contributed by atoms with van der Waals surface area (Å²) in [7, 11) is 0. The van der Waals surface area contributed by atoms with Gasteiger partial charge in [-0.3, -0.25) is 4.79 Å². The van der Waals surface area contributed by atoms with Crippen molar-refractivity contribution in [3.63, 3.8) is 0 Å². The lowest BCUT2D eigenvalue weighted by Gasteiger charge is -2.22. The lowest BCUT2D eigenvalue weighted by atomic mass is 9.92. The van der Waals surface area contributed by atoms with E-state index in [2.05, 4.69) is 22.9 Å². The molecule has 1 aliphatic rings. The maximum atomic E-state index is 12.5. The summed E-state index contributed by atoms with van der Waals surface area (Å²) in [5, 5.41) is 0. The van der Waals surface area contributed by atoms with Crippen molar-refractivity contribution in [2.45, 2.75) is 31.4 Å². The highest BCUT2D eigenvalue weighted by atomic mass is 79.9. The van der Waals surface area contributed by atoms with E-state index in [1.165, 1.54) is 0 Å². The predicted octanol–water partition coefficient (Wildman–Crippen LogP) is 4.23. The standard InChI is InChI=1S/C13H15BrOS/c1-9-4-5-10(14)8-11(9)12(15)13(2)6-3-7-16-13/h4-5,8H,3,6-7H2,1-2H3. The van der Waals surface area contributed by atoms with Gasteiger partial charge in [-0.1, -0.05) is 22.0 Å². The van der Waals surface area contributed by atoms with Gasteiger partial charge in [0, 0.05) is 10.0 Å². The van der Waals surface area contributed by atoms with E-state index in [1.54, 1.807) is 11.8 Å². The first-order valence-corrected chi connectivity index (χ1v) is 7.26. The quantitative estimate of drug-likeness (QED) is 0.760. The van der Waals surface area contributed by atoms with Gasteiger partial charge in [0.1, 0.15) is 0 Å². The molecule has 3 heteroatoms. The van der Waals surface area contributed by atoms with Gasteiger partial charge in [-0.05, 0) is 50.1 Å². The lowest BCUT2D eigenvalue weighted by Crippen LogP contribution is -2.29. The van der Waals surface area contributed by atoms with Gasteiger partial charge < -0.3 is 0 Å². The minimum atomic E-state index is -0.203. The van der Waals surface area contributed by atoms with E-state index in [0.717, 1.165) is 34.2 Å². The van der Waals surface area contributed by atoms with E-state index >= 15 is 0 Å². The van der Waals surface area contributed by atoms with Gasteiger partial charge in [0.2, 0.25) is 0 Å². The Kier molecular flexibility index (Phi) is 3.45. The van der Waals surface area contributed by atoms with Crippen molar-refractivity contribution in [1.29, 1.82) is 0 Å². The molecule has 1 saturated heterocycles. The number of carbonyl (C=O) groups excluding carboxylic acids is 1. The van der Waals surface area contributed by atoms with Gasteiger partial charge in [0.25, 0.3) is 0 Å². The van der Waals surface area contributed by atoms with Crippen LogP contribution in [0, 0.1) is 6.92 Å². The van der Waals surface area contributed by atoms with Crippen LogP contribution in [-0.2, 0) is 0 Å². The molecule has 0 amide bonds. The average molecular weight is 299 g/mol. The van der Waals surface area contributed by atoms with E-state index in [0.29, 0.717) is 0 Å². The Hall–Kier alpha value is -0.280. The molecule has 0 aliphatic carbocycles. The fraction of sp³-hybridized carbons (Fsp3) is 0.462. The minimum Gasteiger partial charge on any atom is -0.293 e. The fourth-order valence-corrected chi connectivity index (χ4v) is 3.71. The zero-order chi connectivity index (χ0) is 11.8. The molecule has 0 aromatic heterocycles. The van der Waals surface area contributed by atoms with Crippen LogP contribution in [-0.4, -0.2) is 16.3 Å². The molecule has 1 unspecified atom stereocenters. The van der Waals surface area contributed by atoms with Crippen molar-refractivity contribution in [2.75, 3.05) is 5.75 Å². The van der Waals surface area contributed by atoms with E-state index in [4.69, 9.17) is 0 Å². The fourth-order valence-electron chi connectivity index (χ4n) is 2.08. The molecule has 0 N–H and O–H groups in total. The smallest absolute Gasteiger partial charge is 0.178 e. The summed E-state index contributed by atoms with van der Waals surface area (Å²) in [6.07, 6.45) is 2.16. The van der Waals surface area contributed by atoms with Crippen molar-refractivity contribution >= 4 is 33.5 Å². The minimum absolute atomic E-state index is 0.203. The zero-order valence-electron chi connectivity index (χ0n) is 9.55. The second-order valence-electron chi connectivity index (χ2n) is 4.47. The Bertz CT molecular complexity index is 422. The van der Waals surface area contributed by atoms with Gasteiger partial charge in [-0.25, -0.2) is 0 Å². The number of carbonyl (C=O) groups is 1. The van der Waals surface area contributed by atoms with Crippen LogP contribution in [0.3, 0.4) is 0 Å². The first-order chi connectivity index (χ1) is 7.53. The number of benzene rings is 1. The molecule has 1 aromatic rings. The number of hydrogen-bond acceptors (Lipinski definition) is 2. The summed E-state index contributed by atoms with van der Waals surface area (Å²) in [6, 6.07) is 5.93.